The van der Waals surface area contributed by atoms with Gasteiger partial charge in [-0.3, -0.25) is 14.8 Å². The highest BCUT2D eigenvalue weighted by atomic mass is 16.5. The molecular weight excluding hydrogens is 332 g/mol. The SMILES string of the molecule is COc1ccc(CN2CCc3c(C(=O)N4CCOCC4)n[nH]c3C2)cc1. The Morgan fingerprint density at radius 3 is 2.73 bits per heavy atom. The zero-order valence-electron chi connectivity index (χ0n) is 15.0. The lowest BCUT2D eigenvalue weighted by atomic mass is 10.0. The molecule has 1 amide bonds. The molecule has 1 aromatic heterocycles. The van der Waals surface area contributed by atoms with Crippen LogP contribution < -0.4 is 4.74 Å². The first kappa shape index (κ1) is 17.1. The molecule has 7 nitrogen and oxygen atoms in total. The molecule has 1 saturated heterocycles. The van der Waals surface area contributed by atoms with Crippen LogP contribution >= 0.6 is 0 Å². The fraction of sp³-hybridized carbons (Fsp3) is 0.474. The van der Waals surface area contributed by atoms with E-state index in [0.29, 0.717) is 32.0 Å². The van der Waals surface area contributed by atoms with E-state index >= 15 is 0 Å². The van der Waals surface area contributed by atoms with Crippen LogP contribution in [0.4, 0.5) is 0 Å². The number of carbonyl (C=O) groups is 1. The minimum atomic E-state index is 0.0226. The van der Waals surface area contributed by atoms with Gasteiger partial charge in [-0.05, 0) is 24.1 Å². The van der Waals surface area contributed by atoms with Crippen LogP contribution in [-0.2, 0) is 24.2 Å². The van der Waals surface area contributed by atoms with E-state index in [1.54, 1.807) is 7.11 Å². The molecule has 1 aromatic carbocycles. The van der Waals surface area contributed by atoms with Gasteiger partial charge in [0.15, 0.2) is 5.69 Å². The second-order valence-corrected chi connectivity index (χ2v) is 6.74. The number of aromatic amines is 1. The first-order chi connectivity index (χ1) is 12.7. The Bertz CT molecular complexity index is 766. The summed E-state index contributed by atoms with van der Waals surface area (Å²) in [5.41, 5.74) is 3.97. The van der Waals surface area contributed by atoms with Crippen LogP contribution in [0.15, 0.2) is 24.3 Å². The molecule has 0 saturated carbocycles. The Morgan fingerprint density at radius 2 is 2.00 bits per heavy atom. The maximum absolute atomic E-state index is 12.7. The van der Waals surface area contributed by atoms with Gasteiger partial charge in [-0.25, -0.2) is 0 Å². The zero-order chi connectivity index (χ0) is 17.9. The normalized spacial score (nSPS) is 17.8. The smallest absolute Gasteiger partial charge is 0.274 e. The zero-order valence-corrected chi connectivity index (χ0v) is 15.0. The number of rotatable bonds is 4. The molecule has 1 fully saturated rings. The number of H-pyrrole nitrogens is 1. The Morgan fingerprint density at radius 1 is 1.23 bits per heavy atom. The van der Waals surface area contributed by atoms with Crippen LogP contribution in [-0.4, -0.2) is 65.9 Å². The average molecular weight is 356 g/mol. The Kier molecular flexibility index (Phi) is 4.90. The summed E-state index contributed by atoms with van der Waals surface area (Å²) in [6, 6.07) is 8.16. The van der Waals surface area contributed by atoms with Crippen LogP contribution in [0.1, 0.15) is 27.3 Å². The van der Waals surface area contributed by atoms with Gasteiger partial charge in [0.2, 0.25) is 0 Å². The first-order valence-electron chi connectivity index (χ1n) is 9.03. The van der Waals surface area contributed by atoms with Crippen molar-refractivity contribution in [1.29, 1.82) is 0 Å². The number of nitrogens with one attached hydrogen (secondary N) is 1. The van der Waals surface area contributed by atoms with Crippen molar-refractivity contribution in [2.24, 2.45) is 0 Å². The number of carbonyl (C=O) groups excluding carboxylic acids is 1. The van der Waals surface area contributed by atoms with Crippen LogP contribution in [0.2, 0.25) is 0 Å². The minimum absolute atomic E-state index is 0.0226. The van der Waals surface area contributed by atoms with Gasteiger partial charge in [-0.15, -0.1) is 0 Å². The molecule has 7 heteroatoms. The maximum Gasteiger partial charge on any atom is 0.274 e. The number of morpholine rings is 1. The molecular formula is C19H24N4O3. The van der Waals surface area contributed by atoms with E-state index in [2.05, 4.69) is 27.2 Å². The van der Waals surface area contributed by atoms with Crippen molar-refractivity contribution in [3.8, 4) is 5.75 Å². The summed E-state index contributed by atoms with van der Waals surface area (Å²) in [5.74, 6) is 0.893. The fourth-order valence-electron chi connectivity index (χ4n) is 3.59. The summed E-state index contributed by atoms with van der Waals surface area (Å²) < 4.78 is 10.5. The average Bonchev–Trinajstić information content (AvgIpc) is 3.12. The largest absolute Gasteiger partial charge is 0.497 e. The molecule has 138 valence electrons. The second-order valence-electron chi connectivity index (χ2n) is 6.74. The second kappa shape index (κ2) is 7.47. The van der Waals surface area contributed by atoms with Crippen LogP contribution in [0.5, 0.6) is 5.75 Å². The lowest BCUT2D eigenvalue weighted by Crippen LogP contribution is -2.41. The van der Waals surface area contributed by atoms with E-state index in [1.165, 1.54) is 5.56 Å². The molecule has 0 bridgehead atoms. The van der Waals surface area contributed by atoms with Gasteiger partial charge in [-0.2, -0.15) is 5.10 Å². The number of amides is 1. The molecule has 0 aliphatic carbocycles. The van der Waals surface area contributed by atoms with Crippen molar-refractivity contribution in [2.75, 3.05) is 40.0 Å². The monoisotopic (exact) mass is 356 g/mol. The first-order valence-corrected chi connectivity index (χ1v) is 9.03. The molecule has 0 radical (unpaired) electrons. The van der Waals surface area contributed by atoms with Gasteiger partial charge in [0.05, 0.1) is 26.0 Å². The third kappa shape index (κ3) is 3.45. The molecule has 0 spiro atoms. The quantitative estimate of drug-likeness (QED) is 0.898. The van der Waals surface area contributed by atoms with Crippen molar-refractivity contribution in [3.05, 3.63) is 46.8 Å². The highest BCUT2D eigenvalue weighted by Gasteiger charge is 2.28. The molecule has 2 aliphatic rings. The summed E-state index contributed by atoms with van der Waals surface area (Å²) in [5, 5.41) is 7.43. The summed E-state index contributed by atoms with van der Waals surface area (Å²) in [4.78, 5) is 16.9. The summed E-state index contributed by atoms with van der Waals surface area (Å²) in [6.45, 7) is 5.07. The van der Waals surface area contributed by atoms with E-state index in [1.807, 2.05) is 17.0 Å². The van der Waals surface area contributed by atoms with E-state index in [0.717, 1.165) is 43.1 Å². The number of ether oxygens (including phenoxy) is 2. The number of methoxy groups -OCH3 is 1. The minimum Gasteiger partial charge on any atom is -0.497 e. The van der Waals surface area contributed by atoms with Crippen molar-refractivity contribution in [3.63, 3.8) is 0 Å². The lowest BCUT2D eigenvalue weighted by Gasteiger charge is -2.28. The predicted molar refractivity (Wildman–Crippen MR) is 96.1 cm³/mol. The third-order valence-corrected chi connectivity index (χ3v) is 5.08. The Labute approximate surface area is 152 Å². The summed E-state index contributed by atoms with van der Waals surface area (Å²) >= 11 is 0. The van der Waals surface area contributed by atoms with Gasteiger partial charge in [0.1, 0.15) is 5.75 Å². The van der Waals surface area contributed by atoms with Gasteiger partial charge < -0.3 is 14.4 Å². The Hall–Kier alpha value is -2.38. The topological polar surface area (TPSA) is 70.7 Å². The van der Waals surface area contributed by atoms with Gasteiger partial charge in [-0.1, -0.05) is 12.1 Å². The lowest BCUT2D eigenvalue weighted by molar-refractivity contribution is 0.0298. The van der Waals surface area contributed by atoms with Crippen molar-refractivity contribution in [1.82, 2.24) is 20.0 Å². The maximum atomic E-state index is 12.7. The molecule has 0 atom stereocenters. The van der Waals surface area contributed by atoms with Gasteiger partial charge >= 0.3 is 0 Å². The highest BCUT2D eigenvalue weighted by molar-refractivity contribution is 5.94. The number of hydrogen-bond acceptors (Lipinski definition) is 5. The van der Waals surface area contributed by atoms with E-state index in [9.17, 15) is 4.79 Å². The third-order valence-electron chi connectivity index (χ3n) is 5.08. The number of fused-ring (bicyclic) bond motifs is 1. The summed E-state index contributed by atoms with van der Waals surface area (Å²) in [6.07, 6.45) is 0.841. The van der Waals surface area contributed by atoms with Gasteiger partial charge in [0.25, 0.3) is 5.91 Å². The number of benzene rings is 1. The molecule has 0 unspecified atom stereocenters. The molecule has 2 aromatic rings. The standard InChI is InChI=1S/C19H24N4O3/c1-25-15-4-2-14(3-5-15)12-22-7-6-16-17(13-22)20-21-18(16)19(24)23-8-10-26-11-9-23/h2-5H,6-13H2,1H3,(H,20,21). The van der Waals surface area contributed by atoms with Crippen molar-refractivity contribution in [2.45, 2.75) is 19.5 Å². The van der Waals surface area contributed by atoms with E-state index in [4.69, 9.17) is 9.47 Å². The van der Waals surface area contributed by atoms with E-state index < -0.39 is 0 Å². The van der Waals surface area contributed by atoms with Crippen molar-refractivity contribution < 1.29 is 14.3 Å². The fourth-order valence-corrected chi connectivity index (χ4v) is 3.59. The van der Waals surface area contributed by atoms with Crippen LogP contribution in [0.3, 0.4) is 0 Å². The molecule has 4 rings (SSSR count). The molecule has 26 heavy (non-hydrogen) atoms. The van der Waals surface area contributed by atoms with Crippen molar-refractivity contribution >= 4 is 5.91 Å². The number of hydrogen-bond donors (Lipinski definition) is 1. The van der Waals surface area contributed by atoms with Crippen LogP contribution in [0, 0.1) is 0 Å². The number of nitrogens with zero attached hydrogens (tertiary/aromatic N) is 3. The molecule has 3 heterocycles. The van der Waals surface area contributed by atoms with E-state index in [-0.39, 0.29) is 5.91 Å². The van der Waals surface area contributed by atoms with Gasteiger partial charge in [0, 0.05) is 38.3 Å². The predicted octanol–water partition coefficient (Wildman–Crippen LogP) is 1.45. The summed E-state index contributed by atoms with van der Waals surface area (Å²) in [7, 11) is 1.68. The molecule has 1 N–H and O–H groups in total. The van der Waals surface area contributed by atoms with Crippen LogP contribution in [0.25, 0.3) is 0 Å². The highest BCUT2D eigenvalue weighted by Crippen LogP contribution is 2.23. The molecule has 2 aliphatic heterocycles. The Balaban J connectivity index is 1.43. The number of aromatic nitrogens is 2.